The van der Waals surface area contributed by atoms with Gasteiger partial charge in [-0.2, -0.15) is 0 Å². The summed E-state index contributed by atoms with van der Waals surface area (Å²) >= 11 is 9.52. The van der Waals surface area contributed by atoms with Crippen molar-refractivity contribution in [3.63, 3.8) is 0 Å². The molecule has 0 N–H and O–H groups in total. The van der Waals surface area contributed by atoms with Gasteiger partial charge in [0.1, 0.15) is 12.4 Å². The predicted octanol–water partition coefficient (Wildman–Crippen LogP) is 4.47. The van der Waals surface area contributed by atoms with Crippen LogP contribution in [0.1, 0.15) is 15.9 Å². The number of carbonyl (C=O) groups is 1. The SMILES string of the molecule is C#CCOC(=O)c1ccc(OCc2cccc(Br)c2)c(Cl)c1. The van der Waals surface area contributed by atoms with Crippen LogP contribution < -0.4 is 4.74 Å². The van der Waals surface area contributed by atoms with Gasteiger partial charge in [-0.05, 0) is 35.9 Å². The molecule has 0 aromatic heterocycles. The summed E-state index contributed by atoms with van der Waals surface area (Å²) in [6, 6.07) is 12.5. The molecule has 3 nitrogen and oxygen atoms in total. The number of hydrogen-bond acceptors (Lipinski definition) is 3. The molecule has 0 atom stereocenters. The maximum atomic E-state index is 11.7. The largest absolute Gasteiger partial charge is 0.487 e. The maximum absolute atomic E-state index is 11.7. The lowest BCUT2D eigenvalue weighted by Gasteiger charge is -2.09. The number of hydrogen-bond donors (Lipinski definition) is 0. The van der Waals surface area contributed by atoms with Crippen LogP contribution in [-0.4, -0.2) is 12.6 Å². The fourth-order valence-corrected chi connectivity index (χ4v) is 2.40. The van der Waals surface area contributed by atoms with Crippen molar-refractivity contribution in [3.05, 3.63) is 63.1 Å². The van der Waals surface area contributed by atoms with E-state index in [4.69, 9.17) is 27.5 Å². The number of ether oxygens (including phenoxy) is 2. The second kappa shape index (κ2) is 7.88. The maximum Gasteiger partial charge on any atom is 0.339 e. The average Bonchev–Trinajstić information content (AvgIpc) is 2.51. The molecule has 5 heteroatoms. The Morgan fingerprint density at radius 1 is 1.27 bits per heavy atom. The summed E-state index contributed by atoms with van der Waals surface area (Å²) in [7, 11) is 0. The number of rotatable bonds is 5. The molecule has 0 bridgehead atoms. The second-order valence-electron chi connectivity index (χ2n) is 4.34. The van der Waals surface area contributed by atoms with Gasteiger partial charge in [0, 0.05) is 4.47 Å². The first-order valence-electron chi connectivity index (χ1n) is 6.37. The standard InChI is InChI=1S/C17H12BrClO3/c1-2-8-21-17(20)13-6-7-16(15(19)10-13)22-11-12-4-3-5-14(18)9-12/h1,3-7,9-10H,8,11H2. The van der Waals surface area contributed by atoms with Crippen LogP contribution in [0.25, 0.3) is 0 Å². The summed E-state index contributed by atoms with van der Waals surface area (Å²) in [5, 5.41) is 0.338. The van der Waals surface area contributed by atoms with Gasteiger partial charge in [0.05, 0.1) is 10.6 Å². The zero-order valence-corrected chi connectivity index (χ0v) is 13.9. The topological polar surface area (TPSA) is 35.5 Å². The molecule has 2 aromatic carbocycles. The fraction of sp³-hybridized carbons (Fsp3) is 0.118. The lowest BCUT2D eigenvalue weighted by atomic mass is 10.2. The van der Waals surface area contributed by atoms with E-state index >= 15 is 0 Å². The highest BCUT2D eigenvalue weighted by Crippen LogP contribution is 2.27. The first kappa shape index (κ1) is 16.4. The van der Waals surface area contributed by atoms with Gasteiger partial charge in [0.2, 0.25) is 0 Å². The zero-order chi connectivity index (χ0) is 15.9. The molecular formula is C17H12BrClO3. The monoisotopic (exact) mass is 378 g/mol. The third kappa shape index (κ3) is 4.52. The molecule has 2 aromatic rings. The van der Waals surface area contributed by atoms with Crippen LogP contribution in [0.4, 0.5) is 0 Å². The molecule has 0 aliphatic heterocycles. The van der Waals surface area contributed by atoms with Gasteiger partial charge in [-0.1, -0.05) is 45.6 Å². The molecular weight excluding hydrogens is 368 g/mol. The minimum Gasteiger partial charge on any atom is -0.487 e. The summed E-state index contributed by atoms with van der Waals surface area (Å²) in [6.07, 6.45) is 5.04. The molecule has 0 unspecified atom stereocenters. The summed E-state index contributed by atoms with van der Waals surface area (Å²) in [5.74, 6) is 2.21. The van der Waals surface area contributed by atoms with E-state index in [2.05, 4.69) is 21.9 Å². The van der Waals surface area contributed by atoms with Crippen molar-refractivity contribution >= 4 is 33.5 Å². The number of benzene rings is 2. The third-order valence-corrected chi connectivity index (χ3v) is 3.53. The molecule has 22 heavy (non-hydrogen) atoms. The highest BCUT2D eigenvalue weighted by atomic mass is 79.9. The first-order chi connectivity index (χ1) is 10.6. The van der Waals surface area contributed by atoms with Crippen molar-refractivity contribution in [2.75, 3.05) is 6.61 Å². The molecule has 0 aliphatic carbocycles. The van der Waals surface area contributed by atoms with Crippen LogP contribution >= 0.6 is 27.5 Å². The second-order valence-corrected chi connectivity index (χ2v) is 5.67. The smallest absolute Gasteiger partial charge is 0.339 e. The molecule has 0 radical (unpaired) electrons. The van der Waals surface area contributed by atoms with Crippen molar-refractivity contribution in [2.45, 2.75) is 6.61 Å². The van der Waals surface area contributed by atoms with Gasteiger partial charge >= 0.3 is 5.97 Å². The van der Waals surface area contributed by atoms with E-state index in [-0.39, 0.29) is 6.61 Å². The highest BCUT2D eigenvalue weighted by Gasteiger charge is 2.10. The van der Waals surface area contributed by atoms with Crippen LogP contribution in [0.15, 0.2) is 46.9 Å². The minimum absolute atomic E-state index is 0.0718. The molecule has 0 saturated carbocycles. The molecule has 0 spiro atoms. The predicted molar refractivity (Wildman–Crippen MR) is 89.0 cm³/mol. The lowest BCUT2D eigenvalue weighted by molar-refractivity contribution is 0.0556. The number of terminal acetylenes is 1. The van der Waals surface area contributed by atoms with Crippen molar-refractivity contribution in [3.8, 4) is 18.1 Å². The van der Waals surface area contributed by atoms with Gasteiger partial charge in [-0.3, -0.25) is 0 Å². The van der Waals surface area contributed by atoms with Crippen molar-refractivity contribution < 1.29 is 14.3 Å². The molecule has 0 saturated heterocycles. The number of carbonyl (C=O) groups excluding carboxylic acids is 1. The molecule has 0 fully saturated rings. The average molecular weight is 380 g/mol. The Balaban J connectivity index is 2.04. The number of esters is 1. The van der Waals surface area contributed by atoms with Crippen molar-refractivity contribution in [1.29, 1.82) is 0 Å². The van der Waals surface area contributed by atoms with Gasteiger partial charge < -0.3 is 9.47 Å². The summed E-state index contributed by atoms with van der Waals surface area (Å²) in [5.41, 5.74) is 1.33. The van der Waals surface area contributed by atoms with E-state index in [9.17, 15) is 4.79 Å². The van der Waals surface area contributed by atoms with Crippen LogP contribution in [0, 0.1) is 12.3 Å². The Labute approximate surface area is 142 Å². The molecule has 0 heterocycles. The Kier molecular flexibility index (Phi) is 5.88. The summed E-state index contributed by atoms with van der Waals surface area (Å²) < 4.78 is 11.5. The van der Waals surface area contributed by atoms with E-state index < -0.39 is 5.97 Å². The highest BCUT2D eigenvalue weighted by molar-refractivity contribution is 9.10. The van der Waals surface area contributed by atoms with Gasteiger partial charge in [0.25, 0.3) is 0 Å². The molecule has 0 amide bonds. The van der Waals surface area contributed by atoms with Crippen LogP contribution in [0.3, 0.4) is 0 Å². The van der Waals surface area contributed by atoms with E-state index in [1.54, 1.807) is 12.1 Å². The van der Waals surface area contributed by atoms with E-state index in [1.807, 2.05) is 24.3 Å². The van der Waals surface area contributed by atoms with E-state index in [0.29, 0.717) is 22.9 Å². The first-order valence-corrected chi connectivity index (χ1v) is 7.54. The summed E-state index contributed by atoms with van der Waals surface area (Å²) in [4.78, 5) is 11.7. The van der Waals surface area contributed by atoms with Crippen LogP contribution in [0.5, 0.6) is 5.75 Å². The number of halogens is 2. The lowest BCUT2D eigenvalue weighted by Crippen LogP contribution is -2.05. The van der Waals surface area contributed by atoms with Crippen molar-refractivity contribution in [1.82, 2.24) is 0 Å². The Morgan fingerprint density at radius 2 is 2.09 bits per heavy atom. The van der Waals surface area contributed by atoms with Crippen molar-refractivity contribution in [2.24, 2.45) is 0 Å². The summed E-state index contributed by atoms with van der Waals surface area (Å²) in [6.45, 7) is 0.303. The quantitative estimate of drug-likeness (QED) is 0.568. The Morgan fingerprint density at radius 3 is 2.77 bits per heavy atom. The minimum atomic E-state index is -0.515. The van der Waals surface area contributed by atoms with Gasteiger partial charge in [0.15, 0.2) is 6.61 Å². The third-order valence-electron chi connectivity index (χ3n) is 2.74. The van der Waals surface area contributed by atoms with Gasteiger partial charge in [-0.15, -0.1) is 6.42 Å². The van der Waals surface area contributed by atoms with Crippen LogP contribution in [0.2, 0.25) is 5.02 Å². The van der Waals surface area contributed by atoms with E-state index in [0.717, 1.165) is 10.0 Å². The normalized spacial score (nSPS) is 9.86. The Hall–Kier alpha value is -1.96. The Bertz CT molecular complexity index is 722. The van der Waals surface area contributed by atoms with Gasteiger partial charge in [-0.25, -0.2) is 4.79 Å². The van der Waals surface area contributed by atoms with E-state index in [1.165, 1.54) is 6.07 Å². The molecule has 2 rings (SSSR count). The molecule has 112 valence electrons. The molecule has 0 aliphatic rings. The van der Waals surface area contributed by atoms with Crippen LogP contribution in [-0.2, 0) is 11.3 Å². The zero-order valence-electron chi connectivity index (χ0n) is 11.5. The fourth-order valence-electron chi connectivity index (χ4n) is 1.72.